The summed E-state index contributed by atoms with van der Waals surface area (Å²) in [6, 6.07) is 28.7. The van der Waals surface area contributed by atoms with Gasteiger partial charge in [-0.3, -0.25) is 4.79 Å². The van der Waals surface area contributed by atoms with E-state index in [4.69, 9.17) is 5.10 Å². The fraction of sp³-hybridized carbons (Fsp3) is 0.120. The number of carbonyl (C=O) groups excluding carboxylic acids is 1. The van der Waals surface area contributed by atoms with Crippen molar-refractivity contribution >= 4 is 23.5 Å². The molecule has 0 saturated heterocycles. The van der Waals surface area contributed by atoms with Gasteiger partial charge in [0.05, 0.1) is 22.4 Å². The number of carbonyl (C=O) groups is 1. The van der Waals surface area contributed by atoms with Gasteiger partial charge < -0.3 is 5.32 Å². The average molecular weight is 412 g/mol. The van der Waals surface area contributed by atoms with Gasteiger partial charge in [0.2, 0.25) is 5.91 Å². The maximum absolute atomic E-state index is 12.6. The van der Waals surface area contributed by atoms with E-state index in [9.17, 15) is 4.79 Å². The van der Waals surface area contributed by atoms with Crippen molar-refractivity contribution in [2.24, 2.45) is 0 Å². The molecule has 1 aliphatic rings. The summed E-state index contributed by atoms with van der Waals surface area (Å²) in [7, 11) is 0. The van der Waals surface area contributed by atoms with Crippen LogP contribution in [0.3, 0.4) is 0 Å². The predicted octanol–water partition coefficient (Wildman–Crippen LogP) is 5.62. The first-order valence-electron chi connectivity index (χ1n) is 9.92. The normalized spacial score (nSPS) is 15.9. The summed E-state index contributed by atoms with van der Waals surface area (Å²) in [5.74, 6) is 1.14. The third-order valence-corrected chi connectivity index (χ3v) is 6.52. The molecule has 1 unspecified atom stereocenters. The van der Waals surface area contributed by atoms with Gasteiger partial charge in [-0.25, -0.2) is 4.68 Å². The van der Waals surface area contributed by atoms with Crippen LogP contribution < -0.4 is 5.32 Å². The summed E-state index contributed by atoms with van der Waals surface area (Å²) in [4.78, 5) is 12.6. The zero-order chi connectivity index (χ0) is 20.5. The molecule has 1 amide bonds. The van der Waals surface area contributed by atoms with Crippen LogP contribution in [0.2, 0.25) is 0 Å². The molecule has 4 aromatic rings. The predicted molar refractivity (Wildman–Crippen MR) is 123 cm³/mol. The fourth-order valence-corrected chi connectivity index (χ4v) is 4.91. The summed E-state index contributed by atoms with van der Waals surface area (Å²) in [6.45, 7) is 2.09. The van der Waals surface area contributed by atoms with Crippen molar-refractivity contribution in [2.75, 3.05) is 11.1 Å². The van der Waals surface area contributed by atoms with E-state index >= 15 is 0 Å². The van der Waals surface area contributed by atoms with Crippen molar-refractivity contribution in [1.29, 1.82) is 0 Å². The van der Waals surface area contributed by atoms with Crippen LogP contribution in [0.4, 0.5) is 5.82 Å². The van der Waals surface area contributed by atoms with Gasteiger partial charge in [0.25, 0.3) is 0 Å². The lowest BCUT2D eigenvalue weighted by molar-refractivity contribution is -0.113. The highest BCUT2D eigenvalue weighted by atomic mass is 32.2. The van der Waals surface area contributed by atoms with Crippen molar-refractivity contribution in [3.8, 4) is 16.9 Å². The van der Waals surface area contributed by atoms with Crippen molar-refractivity contribution in [3.63, 3.8) is 0 Å². The minimum atomic E-state index is -0.00689. The molecule has 0 spiro atoms. The molecule has 1 atom stereocenters. The first-order valence-corrected chi connectivity index (χ1v) is 11.0. The Balaban J connectivity index is 1.78. The number of nitrogens with zero attached hydrogens (tertiary/aromatic N) is 2. The van der Waals surface area contributed by atoms with Crippen LogP contribution in [0.15, 0.2) is 84.9 Å². The Bertz CT molecular complexity index is 1180. The molecule has 4 nitrogen and oxygen atoms in total. The maximum Gasteiger partial charge on any atom is 0.235 e. The maximum atomic E-state index is 12.6. The largest absolute Gasteiger partial charge is 0.310 e. The van der Waals surface area contributed by atoms with Gasteiger partial charge in [-0.2, -0.15) is 5.10 Å². The third-order valence-electron chi connectivity index (χ3n) is 5.25. The number of aryl methyl sites for hydroxylation is 1. The van der Waals surface area contributed by atoms with Crippen LogP contribution >= 0.6 is 11.8 Å². The number of hydrogen-bond donors (Lipinski definition) is 1. The van der Waals surface area contributed by atoms with Gasteiger partial charge in [0.1, 0.15) is 5.82 Å². The van der Waals surface area contributed by atoms with Gasteiger partial charge in [-0.1, -0.05) is 78.4 Å². The molecule has 5 heteroatoms. The Labute approximate surface area is 179 Å². The summed E-state index contributed by atoms with van der Waals surface area (Å²) < 4.78 is 1.86. The van der Waals surface area contributed by atoms with Crippen LogP contribution in [0, 0.1) is 6.92 Å². The zero-order valence-electron chi connectivity index (χ0n) is 16.6. The number of rotatable bonds is 3. The van der Waals surface area contributed by atoms with Crippen LogP contribution in [-0.4, -0.2) is 21.4 Å². The average Bonchev–Trinajstić information content (AvgIpc) is 3.06. The molecule has 5 rings (SSSR count). The molecule has 1 aromatic heterocycles. The number of para-hydroxylation sites is 1. The SMILES string of the molecule is Cc1ccc(C2SCC(=O)Nc3c2c(-c2ccccc2)nn3-c2ccccc2)cc1. The summed E-state index contributed by atoms with van der Waals surface area (Å²) in [5, 5.41) is 8.13. The van der Waals surface area contributed by atoms with E-state index in [0.29, 0.717) is 5.75 Å². The Morgan fingerprint density at radius 3 is 2.30 bits per heavy atom. The number of thioether (sulfide) groups is 1. The van der Waals surface area contributed by atoms with E-state index in [1.54, 1.807) is 11.8 Å². The van der Waals surface area contributed by atoms with E-state index in [-0.39, 0.29) is 11.2 Å². The quantitative estimate of drug-likeness (QED) is 0.476. The molecule has 148 valence electrons. The molecule has 30 heavy (non-hydrogen) atoms. The first-order chi connectivity index (χ1) is 14.7. The lowest BCUT2D eigenvalue weighted by Gasteiger charge is -2.16. The van der Waals surface area contributed by atoms with Crippen molar-refractivity contribution in [1.82, 2.24) is 9.78 Å². The molecular formula is C25H21N3OS. The number of aromatic nitrogens is 2. The van der Waals surface area contributed by atoms with Gasteiger partial charge in [-0.15, -0.1) is 11.8 Å². The Morgan fingerprint density at radius 1 is 0.933 bits per heavy atom. The number of fused-ring (bicyclic) bond motifs is 1. The van der Waals surface area contributed by atoms with Crippen molar-refractivity contribution < 1.29 is 4.79 Å². The molecule has 0 saturated carbocycles. The van der Waals surface area contributed by atoms with Crippen LogP contribution in [0.1, 0.15) is 21.9 Å². The minimum Gasteiger partial charge on any atom is -0.310 e. The van der Waals surface area contributed by atoms with Crippen LogP contribution in [0.25, 0.3) is 16.9 Å². The van der Waals surface area contributed by atoms with E-state index in [0.717, 1.165) is 28.3 Å². The molecule has 0 radical (unpaired) electrons. The highest BCUT2D eigenvalue weighted by molar-refractivity contribution is 8.00. The molecular weight excluding hydrogens is 390 g/mol. The topological polar surface area (TPSA) is 46.9 Å². The Hall–Kier alpha value is -3.31. The molecule has 2 heterocycles. The lowest BCUT2D eigenvalue weighted by atomic mass is 9.99. The molecule has 1 N–H and O–H groups in total. The Morgan fingerprint density at radius 2 is 1.60 bits per heavy atom. The second-order valence-corrected chi connectivity index (χ2v) is 8.47. The van der Waals surface area contributed by atoms with Gasteiger partial charge in [0.15, 0.2) is 0 Å². The van der Waals surface area contributed by atoms with E-state index in [2.05, 4.69) is 48.6 Å². The lowest BCUT2D eigenvalue weighted by Crippen LogP contribution is -2.15. The summed E-state index contributed by atoms with van der Waals surface area (Å²) in [5.41, 5.74) is 6.30. The molecule has 0 bridgehead atoms. The van der Waals surface area contributed by atoms with Crippen LogP contribution in [-0.2, 0) is 4.79 Å². The Kier molecular flexibility index (Phi) is 4.89. The second kappa shape index (κ2) is 7.84. The molecule has 0 fully saturated rings. The van der Waals surface area contributed by atoms with Crippen molar-refractivity contribution in [3.05, 3.63) is 102 Å². The number of amides is 1. The van der Waals surface area contributed by atoms with Gasteiger partial charge in [0, 0.05) is 11.1 Å². The monoisotopic (exact) mass is 411 g/mol. The number of anilines is 1. The number of nitrogens with one attached hydrogen (secondary N) is 1. The minimum absolute atomic E-state index is 0.00668. The summed E-state index contributed by atoms with van der Waals surface area (Å²) in [6.07, 6.45) is 0. The highest BCUT2D eigenvalue weighted by Gasteiger charge is 2.32. The van der Waals surface area contributed by atoms with E-state index < -0.39 is 0 Å². The van der Waals surface area contributed by atoms with E-state index in [1.807, 2.05) is 53.2 Å². The van der Waals surface area contributed by atoms with Crippen molar-refractivity contribution in [2.45, 2.75) is 12.2 Å². The zero-order valence-corrected chi connectivity index (χ0v) is 17.4. The highest BCUT2D eigenvalue weighted by Crippen LogP contribution is 2.46. The first kappa shape index (κ1) is 18.7. The van der Waals surface area contributed by atoms with E-state index in [1.165, 1.54) is 11.1 Å². The number of hydrogen-bond acceptors (Lipinski definition) is 3. The van der Waals surface area contributed by atoms with Gasteiger partial charge >= 0.3 is 0 Å². The van der Waals surface area contributed by atoms with Gasteiger partial charge in [-0.05, 0) is 24.6 Å². The second-order valence-electron chi connectivity index (χ2n) is 7.37. The number of benzene rings is 3. The molecule has 1 aliphatic heterocycles. The smallest absolute Gasteiger partial charge is 0.235 e. The molecule has 3 aromatic carbocycles. The molecule has 0 aliphatic carbocycles. The standard InChI is InChI=1S/C25H21N3OS/c1-17-12-14-19(15-13-17)24-22-23(18-8-4-2-5-9-18)27-28(20-10-6-3-7-11-20)25(22)26-21(29)16-30-24/h2-15,24H,16H2,1H3,(H,26,29). The summed E-state index contributed by atoms with van der Waals surface area (Å²) >= 11 is 1.65. The fourth-order valence-electron chi connectivity index (χ4n) is 3.78. The van der Waals surface area contributed by atoms with Crippen LogP contribution in [0.5, 0.6) is 0 Å². The third kappa shape index (κ3) is 3.42.